The molecule has 0 bridgehead atoms. The van der Waals surface area contributed by atoms with Gasteiger partial charge in [-0.3, -0.25) is 4.79 Å². The lowest BCUT2D eigenvalue weighted by Gasteiger charge is -2.18. The molecule has 2 aromatic heterocycles. The summed E-state index contributed by atoms with van der Waals surface area (Å²) in [5.74, 6) is -0.0430. The minimum atomic E-state index is -0.0430. The van der Waals surface area contributed by atoms with Crippen LogP contribution in [0.4, 0.5) is 0 Å². The Hall–Kier alpha value is -1.91. The first-order valence-corrected chi connectivity index (χ1v) is 8.83. The number of halogens is 1. The van der Waals surface area contributed by atoms with Crippen LogP contribution in [0.2, 0.25) is 5.02 Å². The summed E-state index contributed by atoms with van der Waals surface area (Å²) in [6.07, 6.45) is 0. The highest BCUT2D eigenvalue weighted by Crippen LogP contribution is 2.34. The van der Waals surface area contributed by atoms with Gasteiger partial charge in [0.15, 0.2) is 0 Å². The second kappa shape index (κ2) is 6.69. The number of rotatable bonds is 4. The van der Waals surface area contributed by atoms with E-state index in [1.807, 2.05) is 55.6 Å². The van der Waals surface area contributed by atoms with Crippen molar-refractivity contribution in [2.75, 3.05) is 13.1 Å². The van der Waals surface area contributed by atoms with Gasteiger partial charge in [-0.05, 0) is 37.4 Å². The second-order valence-electron chi connectivity index (χ2n) is 5.15. The standard InChI is InChI=1S/C18H17ClN2OS/c1-3-21(4-2)18(22)15-11-16-13(9-10-23-16)17(20-15)12-7-5-6-8-14(12)19/h5-11H,3-4H2,1-2H3. The van der Waals surface area contributed by atoms with Gasteiger partial charge in [0.1, 0.15) is 5.69 Å². The predicted molar refractivity (Wildman–Crippen MR) is 97.3 cm³/mol. The predicted octanol–water partition coefficient (Wildman–Crippen LogP) is 5.10. The van der Waals surface area contributed by atoms with Crippen LogP contribution in [0.25, 0.3) is 21.3 Å². The molecule has 0 aliphatic carbocycles. The summed E-state index contributed by atoms with van der Waals surface area (Å²) >= 11 is 7.95. The minimum Gasteiger partial charge on any atom is -0.338 e. The fourth-order valence-electron chi connectivity index (χ4n) is 2.61. The van der Waals surface area contributed by atoms with E-state index in [-0.39, 0.29) is 5.91 Å². The molecular formula is C18H17ClN2OS. The fraction of sp³-hybridized carbons (Fsp3) is 0.222. The number of carbonyl (C=O) groups excluding carboxylic acids is 1. The molecule has 2 heterocycles. The third kappa shape index (κ3) is 2.96. The molecule has 0 aliphatic rings. The lowest BCUT2D eigenvalue weighted by atomic mass is 10.1. The van der Waals surface area contributed by atoms with Crippen molar-refractivity contribution in [1.82, 2.24) is 9.88 Å². The molecule has 0 saturated carbocycles. The Kier molecular flexibility index (Phi) is 4.64. The fourth-order valence-corrected chi connectivity index (χ4v) is 3.65. The van der Waals surface area contributed by atoms with E-state index >= 15 is 0 Å². The number of carbonyl (C=O) groups is 1. The van der Waals surface area contributed by atoms with Crippen molar-refractivity contribution in [2.24, 2.45) is 0 Å². The number of benzene rings is 1. The van der Waals surface area contributed by atoms with E-state index in [2.05, 4.69) is 4.98 Å². The molecule has 1 amide bonds. The van der Waals surface area contributed by atoms with Crippen LogP contribution in [0.15, 0.2) is 41.8 Å². The maximum atomic E-state index is 12.7. The Morgan fingerprint density at radius 3 is 2.65 bits per heavy atom. The summed E-state index contributed by atoms with van der Waals surface area (Å²) in [6, 6.07) is 11.5. The number of pyridine rings is 1. The maximum Gasteiger partial charge on any atom is 0.272 e. The van der Waals surface area contributed by atoms with Gasteiger partial charge in [-0.2, -0.15) is 0 Å². The van der Waals surface area contributed by atoms with Gasteiger partial charge in [0, 0.05) is 33.8 Å². The lowest BCUT2D eigenvalue weighted by molar-refractivity contribution is 0.0767. The van der Waals surface area contributed by atoms with Crippen LogP contribution in [0, 0.1) is 0 Å². The highest BCUT2D eigenvalue weighted by Gasteiger charge is 2.18. The molecule has 118 valence electrons. The van der Waals surface area contributed by atoms with Crippen LogP contribution in [0.1, 0.15) is 24.3 Å². The van der Waals surface area contributed by atoms with Crippen molar-refractivity contribution in [3.8, 4) is 11.3 Å². The molecule has 0 radical (unpaired) electrons. The Balaban J connectivity index is 2.20. The SMILES string of the molecule is CCN(CC)C(=O)c1cc2sccc2c(-c2ccccc2Cl)n1. The molecule has 3 rings (SSSR count). The molecule has 0 aliphatic heterocycles. The Bertz CT molecular complexity index is 855. The van der Waals surface area contributed by atoms with E-state index in [4.69, 9.17) is 11.6 Å². The van der Waals surface area contributed by atoms with E-state index in [9.17, 15) is 4.79 Å². The van der Waals surface area contributed by atoms with Crippen molar-refractivity contribution < 1.29 is 4.79 Å². The van der Waals surface area contributed by atoms with Gasteiger partial charge in [0.2, 0.25) is 0 Å². The summed E-state index contributed by atoms with van der Waals surface area (Å²) in [4.78, 5) is 19.1. The highest BCUT2D eigenvalue weighted by molar-refractivity contribution is 7.17. The smallest absolute Gasteiger partial charge is 0.272 e. The molecule has 0 unspecified atom stereocenters. The van der Waals surface area contributed by atoms with Crippen molar-refractivity contribution in [3.05, 3.63) is 52.5 Å². The quantitative estimate of drug-likeness (QED) is 0.659. The molecule has 0 fully saturated rings. The van der Waals surface area contributed by atoms with Crippen molar-refractivity contribution in [2.45, 2.75) is 13.8 Å². The van der Waals surface area contributed by atoms with E-state index in [1.54, 1.807) is 16.2 Å². The molecule has 0 spiro atoms. The summed E-state index contributed by atoms with van der Waals surface area (Å²) in [7, 11) is 0. The normalized spacial score (nSPS) is 10.9. The van der Waals surface area contributed by atoms with Crippen LogP contribution in [-0.2, 0) is 0 Å². The van der Waals surface area contributed by atoms with E-state index in [0.29, 0.717) is 23.8 Å². The van der Waals surface area contributed by atoms with Gasteiger partial charge in [0.25, 0.3) is 5.91 Å². The second-order valence-corrected chi connectivity index (χ2v) is 6.50. The first-order chi connectivity index (χ1) is 11.2. The monoisotopic (exact) mass is 344 g/mol. The van der Waals surface area contributed by atoms with Crippen molar-refractivity contribution in [3.63, 3.8) is 0 Å². The third-order valence-electron chi connectivity index (χ3n) is 3.85. The Labute approximate surface area is 144 Å². The molecule has 0 atom stereocenters. The number of hydrogen-bond acceptors (Lipinski definition) is 3. The largest absolute Gasteiger partial charge is 0.338 e. The topological polar surface area (TPSA) is 33.2 Å². The zero-order chi connectivity index (χ0) is 16.4. The van der Waals surface area contributed by atoms with Crippen molar-refractivity contribution in [1.29, 1.82) is 0 Å². The highest BCUT2D eigenvalue weighted by atomic mass is 35.5. The van der Waals surface area contributed by atoms with Gasteiger partial charge in [-0.25, -0.2) is 4.98 Å². The van der Waals surface area contributed by atoms with Gasteiger partial charge in [-0.1, -0.05) is 29.8 Å². The van der Waals surface area contributed by atoms with Crippen LogP contribution in [-0.4, -0.2) is 28.9 Å². The van der Waals surface area contributed by atoms with Gasteiger partial charge >= 0.3 is 0 Å². The van der Waals surface area contributed by atoms with Crippen LogP contribution >= 0.6 is 22.9 Å². The molecule has 1 aromatic carbocycles. The van der Waals surface area contributed by atoms with E-state index in [1.165, 1.54) is 0 Å². The number of fused-ring (bicyclic) bond motifs is 1. The Morgan fingerprint density at radius 2 is 1.96 bits per heavy atom. The number of thiophene rings is 1. The summed E-state index contributed by atoms with van der Waals surface area (Å²) < 4.78 is 1.05. The molecule has 0 saturated heterocycles. The number of hydrogen-bond donors (Lipinski definition) is 0. The number of aromatic nitrogens is 1. The Morgan fingerprint density at radius 1 is 1.22 bits per heavy atom. The zero-order valence-corrected chi connectivity index (χ0v) is 14.6. The first kappa shape index (κ1) is 16.0. The average Bonchev–Trinajstić information content (AvgIpc) is 3.04. The third-order valence-corrected chi connectivity index (χ3v) is 5.04. The number of nitrogens with zero attached hydrogens (tertiary/aromatic N) is 2. The van der Waals surface area contributed by atoms with Gasteiger partial charge < -0.3 is 4.90 Å². The van der Waals surface area contributed by atoms with Crippen LogP contribution in [0.5, 0.6) is 0 Å². The first-order valence-electron chi connectivity index (χ1n) is 7.58. The summed E-state index contributed by atoms with van der Waals surface area (Å²) in [5.41, 5.74) is 2.09. The molecular weight excluding hydrogens is 328 g/mol. The minimum absolute atomic E-state index is 0.0430. The number of amides is 1. The molecule has 23 heavy (non-hydrogen) atoms. The zero-order valence-electron chi connectivity index (χ0n) is 13.0. The molecule has 3 nitrogen and oxygen atoms in total. The van der Waals surface area contributed by atoms with Gasteiger partial charge in [-0.15, -0.1) is 11.3 Å². The van der Waals surface area contributed by atoms with Crippen LogP contribution < -0.4 is 0 Å². The van der Waals surface area contributed by atoms with Crippen LogP contribution in [0.3, 0.4) is 0 Å². The van der Waals surface area contributed by atoms with E-state index in [0.717, 1.165) is 21.3 Å². The molecule has 3 aromatic rings. The summed E-state index contributed by atoms with van der Waals surface area (Å²) in [5, 5.41) is 3.68. The molecule has 5 heteroatoms. The maximum absolute atomic E-state index is 12.7. The van der Waals surface area contributed by atoms with E-state index < -0.39 is 0 Å². The van der Waals surface area contributed by atoms with Crippen molar-refractivity contribution >= 4 is 38.9 Å². The lowest BCUT2D eigenvalue weighted by Crippen LogP contribution is -2.31. The summed E-state index contributed by atoms with van der Waals surface area (Å²) in [6.45, 7) is 5.28. The average molecular weight is 345 g/mol. The molecule has 0 N–H and O–H groups in total. The van der Waals surface area contributed by atoms with Gasteiger partial charge in [0.05, 0.1) is 5.69 Å².